The predicted octanol–water partition coefficient (Wildman–Crippen LogP) is 2.02. The highest BCUT2D eigenvalue weighted by Gasteiger charge is 2.37. The van der Waals surface area contributed by atoms with E-state index < -0.39 is 29.3 Å². The fraction of sp³-hybridized carbons (Fsp3) is 0.650. The van der Waals surface area contributed by atoms with Crippen LogP contribution in [0.15, 0.2) is 18.6 Å². The lowest BCUT2D eigenvalue weighted by atomic mass is 9.78. The fourth-order valence-corrected chi connectivity index (χ4v) is 3.62. The average Bonchev–Trinajstić information content (AvgIpc) is 2.66. The van der Waals surface area contributed by atoms with Crippen LogP contribution in [0, 0.1) is 17.3 Å². The molecular formula is C20H30N4O4. The van der Waals surface area contributed by atoms with Gasteiger partial charge < -0.3 is 15.7 Å². The molecule has 0 saturated heterocycles. The minimum absolute atomic E-state index is 0.116. The maximum absolute atomic E-state index is 13.0. The van der Waals surface area contributed by atoms with Gasteiger partial charge in [-0.25, -0.2) is 9.78 Å². The van der Waals surface area contributed by atoms with Crippen molar-refractivity contribution >= 4 is 17.8 Å². The van der Waals surface area contributed by atoms with E-state index in [1.165, 1.54) is 18.6 Å². The van der Waals surface area contributed by atoms with E-state index in [0.717, 1.165) is 32.1 Å². The first-order valence-corrected chi connectivity index (χ1v) is 9.77. The molecule has 154 valence electrons. The van der Waals surface area contributed by atoms with Gasteiger partial charge in [-0.15, -0.1) is 0 Å². The molecule has 0 bridgehead atoms. The van der Waals surface area contributed by atoms with Gasteiger partial charge >= 0.3 is 5.97 Å². The van der Waals surface area contributed by atoms with Gasteiger partial charge in [0.2, 0.25) is 5.91 Å². The molecule has 1 heterocycles. The van der Waals surface area contributed by atoms with Gasteiger partial charge in [0.15, 0.2) is 0 Å². The average molecular weight is 390 g/mol. The third-order valence-corrected chi connectivity index (χ3v) is 5.23. The van der Waals surface area contributed by atoms with Gasteiger partial charge in [0.05, 0.1) is 12.1 Å². The number of carbonyl (C=O) groups is 3. The van der Waals surface area contributed by atoms with E-state index in [-0.39, 0.29) is 24.1 Å². The van der Waals surface area contributed by atoms with Crippen molar-refractivity contribution in [3.63, 3.8) is 0 Å². The van der Waals surface area contributed by atoms with Crippen LogP contribution < -0.4 is 10.6 Å². The summed E-state index contributed by atoms with van der Waals surface area (Å²) in [6, 6.07) is -0.998. The zero-order valence-electron chi connectivity index (χ0n) is 16.8. The van der Waals surface area contributed by atoms with Crippen molar-refractivity contribution < 1.29 is 19.5 Å². The summed E-state index contributed by atoms with van der Waals surface area (Å²) in [5.74, 6) is -2.15. The Kier molecular flexibility index (Phi) is 7.48. The number of carboxylic acid groups (broad SMARTS) is 1. The quantitative estimate of drug-likeness (QED) is 0.655. The van der Waals surface area contributed by atoms with E-state index in [2.05, 4.69) is 20.6 Å². The minimum Gasteiger partial charge on any atom is -0.480 e. The molecule has 2 atom stereocenters. The zero-order chi connectivity index (χ0) is 20.7. The third kappa shape index (κ3) is 6.00. The number of aliphatic carboxylic acids is 1. The number of hydrogen-bond donors (Lipinski definition) is 3. The van der Waals surface area contributed by atoms with Crippen molar-refractivity contribution in [1.82, 2.24) is 20.6 Å². The summed E-state index contributed by atoms with van der Waals surface area (Å²) < 4.78 is 0. The van der Waals surface area contributed by atoms with Gasteiger partial charge in [0.25, 0.3) is 5.91 Å². The van der Waals surface area contributed by atoms with Gasteiger partial charge in [-0.3, -0.25) is 14.6 Å². The lowest BCUT2D eigenvalue weighted by molar-refractivity contribution is -0.146. The molecular weight excluding hydrogens is 360 g/mol. The third-order valence-electron chi connectivity index (χ3n) is 5.23. The molecule has 8 heteroatoms. The summed E-state index contributed by atoms with van der Waals surface area (Å²) in [7, 11) is 0. The Labute approximate surface area is 165 Å². The molecule has 1 aromatic heterocycles. The van der Waals surface area contributed by atoms with Crippen LogP contribution >= 0.6 is 0 Å². The summed E-state index contributed by atoms with van der Waals surface area (Å²) in [6.07, 6.45) is 9.28. The highest BCUT2D eigenvalue weighted by Crippen LogP contribution is 2.30. The Bertz CT molecular complexity index is 681. The Hall–Kier alpha value is -2.51. The van der Waals surface area contributed by atoms with Crippen molar-refractivity contribution in [2.45, 2.75) is 58.9 Å². The number of nitrogens with one attached hydrogen (secondary N) is 2. The maximum atomic E-state index is 13.0. The molecule has 2 amide bonds. The fourth-order valence-electron chi connectivity index (χ4n) is 3.62. The zero-order valence-corrected chi connectivity index (χ0v) is 16.8. The van der Waals surface area contributed by atoms with E-state index >= 15 is 0 Å². The summed E-state index contributed by atoms with van der Waals surface area (Å²) in [4.78, 5) is 44.8. The highest BCUT2D eigenvalue weighted by molar-refractivity contribution is 5.92. The number of carbonyl (C=O) groups excluding carboxylic acids is 2. The SMILES string of the molecule is CC(C)(C)[C@H](NC(=O)[C@@H](CNC(=O)c1cnccn1)C1CCCCC1)C(=O)O. The molecule has 2 rings (SSSR count). The van der Waals surface area contributed by atoms with Crippen molar-refractivity contribution in [2.24, 2.45) is 17.3 Å². The van der Waals surface area contributed by atoms with E-state index in [0.29, 0.717) is 0 Å². The van der Waals surface area contributed by atoms with Crippen LogP contribution in [0.2, 0.25) is 0 Å². The standard InChI is InChI=1S/C20H30N4O4/c1-20(2,3)16(19(27)28)24-17(25)14(13-7-5-4-6-8-13)11-23-18(26)15-12-21-9-10-22-15/h9-10,12-14,16H,4-8,11H2,1-3H3,(H,23,26)(H,24,25)(H,27,28)/t14-,16+/m0/s1. The first-order chi connectivity index (χ1) is 13.2. The first-order valence-electron chi connectivity index (χ1n) is 9.77. The molecule has 28 heavy (non-hydrogen) atoms. The summed E-state index contributed by atoms with van der Waals surface area (Å²) in [5, 5.41) is 15.0. The van der Waals surface area contributed by atoms with Crippen molar-refractivity contribution in [3.8, 4) is 0 Å². The molecule has 1 saturated carbocycles. The Morgan fingerprint density at radius 1 is 1.18 bits per heavy atom. The van der Waals surface area contributed by atoms with E-state index in [9.17, 15) is 19.5 Å². The monoisotopic (exact) mass is 390 g/mol. The number of hydrogen-bond acceptors (Lipinski definition) is 5. The summed E-state index contributed by atoms with van der Waals surface area (Å²) >= 11 is 0. The smallest absolute Gasteiger partial charge is 0.326 e. The molecule has 1 aliphatic rings. The molecule has 1 fully saturated rings. The molecule has 1 aliphatic carbocycles. The normalized spacial score (nSPS) is 17.4. The van der Waals surface area contributed by atoms with Crippen LogP contribution in [0.1, 0.15) is 63.4 Å². The second-order valence-corrected chi connectivity index (χ2v) is 8.45. The van der Waals surface area contributed by atoms with Gasteiger partial charge in [-0.1, -0.05) is 40.0 Å². The van der Waals surface area contributed by atoms with Crippen LogP contribution in [0.5, 0.6) is 0 Å². The van der Waals surface area contributed by atoms with Crippen molar-refractivity contribution in [3.05, 3.63) is 24.3 Å². The Morgan fingerprint density at radius 3 is 2.39 bits per heavy atom. The highest BCUT2D eigenvalue weighted by atomic mass is 16.4. The Balaban J connectivity index is 2.11. The number of amides is 2. The molecule has 0 aliphatic heterocycles. The molecule has 1 aromatic rings. The first kappa shape index (κ1) is 21.8. The topological polar surface area (TPSA) is 121 Å². The lowest BCUT2D eigenvalue weighted by Gasteiger charge is -2.33. The van der Waals surface area contributed by atoms with Crippen LogP contribution in [0.25, 0.3) is 0 Å². The maximum Gasteiger partial charge on any atom is 0.326 e. The van der Waals surface area contributed by atoms with Crippen LogP contribution in [-0.4, -0.2) is 45.4 Å². The molecule has 3 N–H and O–H groups in total. The van der Waals surface area contributed by atoms with Crippen LogP contribution in [0.3, 0.4) is 0 Å². The number of aromatic nitrogens is 2. The number of nitrogens with zero attached hydrogens (tertiary/aromatic N) is 2. The lowest BCUT2D eigenvalue weighted by Crippen LogP contribution is -2.53. The van der Waals surface area contributed by atoms with E-state index in [4.69, 9.17) is 0 Å². The van der Waals surface area contributed by atoms with Crippen molar-refractivity contribution in [2.75, 3.05) is 6.54 Å². The van der Waals surface area contributed by atoms with Gasteiger partial charge in [-0.05, 0) is 24.2 Å². The summed E-state index contributed by atoms with van der Waals surface area (Å²) in [6.45, 7) is 5.47. The van der Waals surface area contributed by atoms with E-state index in [1.54, 1.807) is 20.8 Å². The largest absolute Gasteiger partial charge is 0.480 e. The second kappa shape index (κ2) is 9.61. The summed E-state index contributed by atoms with van der Waals surface area (Å²) in [5.41, 5.74) is -0.440. The van der Waals surface area contributed by atoms with Crippen molar-refractivity contribution in [1.29, 1.82) is 0 Å². The molecule has 0 spiro atoms. The second-order valence-electron chi connectivity index (χ2n) is 8.45. The van der Waals surface area contributed by atoms with Gasteiger partial charge in [0.1, 0.15) is 11.7 Å². The Morgan fingerprint density at radius 2 is 1.86 bits per heavy atom. The van der Waals surface area contributed by atoms with Crippen LogP contribution in [0.4, 0.5) is 0 Å². The molecule has 8 nitrogen and oxygen atoms in total. The molecule has 0 radical (unpaired) electrons. The minimum atomic E-state index is -1.06. The van der Waals surface area contributed by atoms with Gasteiger partial charge in [-0.2, -0.15) is 0 Å². The molecule has 0 aromatic carbocycles. The predicted molar refractivity (Wildman–Crippen MR) is 103 cm³/mol. The molecule has 0 unspecified atom stereocenters. The van der Waals surface area contributed by atoms with Crippen LogP contribution in [-0.2, 0) is 9.59 Å². The number of rotatable bonds is 7. The van der Waals surface area contributed by atoms with Gasteiger partial charge in [0, 0.05) is 18.9 Å². The number of carboxylic acids is 1. The van der Waals surface area contributed by atoms with E-state index in [1.807, 2.05) is 0 Å².